The third-order valence-electron chi connectivity index (χ3n) is 4.13. The zero-order chi connectivity index (χ0) is 12.8. The van der Waals surface area contributed by atoms with Gasteiger partial charge in [-0.2, -0.15) is 0 Å². The maximum atomic E-state index is 6.37. The van der Waals surface area contributed by atoms with Crippen molar-refractivity contribution < 1.29 is 0 Å². The van der Waals surface area contributed by atoms with E-state index in [9.17, 15) is 0 Å². The van der Waals surface area contributed by atoms with Gasteiger partial charge in [-0.15, -0.1) is 0 Å². The third-order valence-corrected chi connectivity index (χ3v) is 4.44. The number of hydrogen-bond donors (Lipinski definition) is 1. The molecule has 1 saturated heterocycles. The molecular weight excluding hydrogens is 246 g/mol. The van der Waals surface area contributed by atoms with Crippen LogP contribution in [0.5, 0.6) is 0 Å². The molecule has 0 saturated carbocycles. The van der Waals surface area contributed by atoms with Gasteiger partial charge in [0.05, 0.1) is 6.04 Å². The molecule has 0 amide bonds. The summed E-state index contributed by atoms with van der Waals surface area (Å²) in [5.74, 6) is 0.899. The molecule has 0 aromatic carbocycles. The number of fused-ring (bicyclic) bond motifs is 1. The quantitative estimate of drug-likeness (QED) is 0.793. The molecule has 2 aliphatic rings. The molecule has 1 aliphatic heterocycles. The van der Waals surface area contributed by atoms with E-state index in [-0.39, 0.29) is 0 Å². The minimum atomic E-state index is 0.308. The molecule has 1 fully saturated rings. The fraction of sp³-hybridized carbons (Fsp3) is 0.714. The molecule has 1 aromatic heterocycles. The summed E-state index contributed by atoms with van der Waals surface area (Å²) in [5, 5.41) is 4.12. The van der Waals surface area contributed by atoms with Gasteiger partial charge in [0.25, 0.3) is 0 Å². The Hall–Kier alpha value is -0.670. The molecular formula is C14H20ClN3. The Morgan fingerprint density at radius 2 is 2.17 bits per heavy atom. The number of nitrogens with one attached hydrogen (secondary N) is 1. The highest BCUT2D eigenvalue weighted by Gasteiger charge is 2.30. The van der Waals surface area contributed by atoms with E-state index in [0.29, 0.717) is 16.6 Å². The number of nitrogens with zero attached hydrogens (tertiary/aromatic N) is 2. The predicted octanol–water partition coefficient (Wildman–Crippen LogP) is 3.07. The summed E-state index contributed by atoms with van der Waals surface area (Å²) in [5.41, 5.74) is 2.68. The minimum Gasteiger partial charge on any atom is -0.307 e. The monoisotopic (exact) mass is 265 g/mol. The molecule has 2 heterocycles. The lowest BCUT2D eigenvalue weighted by atomic mass is 9.76. The minimum absolute atomic E-state index is 0.308. The first-order valence-corrected chi connectivity index (χ1v) is 7.21. The van der Waals surface area contributed by atoms with Crippen molar-refractivity contribution in [2.45, 2.75) is 52.0 Å². The van der Waals surface area contributed by atoms with Crippen LogP contribution in [0.1, 0.15) is 56.2 Å². The summed E-state index contributed by atoms with van der Waals surface area (Å²) in [7, 11) is 0. The van der Waals surface area contributed by atoms with Crippen LogP contribution in [-0.2, 0) is 12.8 Å². The summed E-state index contributed by atoms with van der Waals surface area (Å²) >= 11 is 6.37. The fourth-order valence-electron chi connectivity index (χ4n) is 2.98. The molecule has 4 heteroatoms. The largest absolute Gasteiger partial charge is 0.307 e. The van der Waals surface area contributed by atoms with Crippen LogP contribution >= 0.6 is 11.6 Å². The predicted molar refractivity (Wildman–Crippen MR) is 72.8 cm³/mol. The van der Waals surface area contributed by atoms with Crippen molar-refractivity contribution in [3.8, 4) is 0 Å². The van der Waals surface area contributed by atoms with Gasteiger partial charge in [0.2, 0.25) is 0 Å². The van der Waals surface area contributed by atoms with Crippen molar-refractivity contribution in [1.82, 2.24) is 15.3 Å². The van der Waals surface area contributed by atoms with Crippen LogP contribution in [-0.4, -0.2) is 16.5 Å². The second kappa shape index (κ2) is 4.46. The molecule has 0 spiro atoms. The molecule has 1 aromatic rings. The zero-order valence-electron chi connectivity index (χ0n) is 11.1. The lowest BCUT2D eigenvalue weighted by Gasteiger charge is -2.31. The second-order valence-electron chi connectivity index (χ2n) is 6.29. The van der Waals surface area contributed by atoms with Gasteiger partial charge in [-0.3, -0.25) is 0 Å². The fourth-order valence-corrected chi connectivity index (χ4v) is 3.25. The Balaban J connectivity index is 1.96. The maximum absolute atomic E-state index is 6.37. The van der Waals surface area contributed by atoms with Crippen LogP contribution in [0.15, 0.2) is 0 Å². The SMILES string of the molecule is CC1(C)CCc2nc([C@H]3CCCN3)nc(Cl)c2C1. The van der Waals surface area contributed by atoms with Crippen molar-refractivity contribution in [3.63, 3.8) is 0 Å². The normalized spacial score (nSPS) is 26.1. The number of aryl methyl sites for hydroxylation is 1. The summed E-state index contributed by atoms with van der Waals surface area (Å²) in [6, 6.07) is 0.308. The molecule has 0 radical (unpaired) electrons. The second-order valence-corrected chi connectivity index (χ2v) is 6.65. The molecule has 3 rings (SSSR count). The van der Waals surface area contributed by atoms with E-state index in [1.54, 1.807) is 0 Å². The highest BCUT2D eigenvalue weighted by atomic mass is 35.5. The van der Waals surface area contributed by atoms with Gasteiger partial charge in [0.15, 0.2) is 0 Å². The first kappa shape index (κ1) is 12.4. The van der Waals surface area contributed by atoms with Crippen LogP contribution in [0.4, 0.5) is 0 Å². The first-order valence-electron chi connectivity index (χ1n) is 6.84. The smallest absolute Gasteiger partial charge is 0.147 e. The summed E-state index contributed by atoms with van der Waals surface area (Å²) in [6.45, 7) is 5.65. The van der Waals surface area contributed by atoms with Gasteiger partial charge in [-0.05, 0) is 44.1 Å². The molecule has 0 bridgehead atoms. The molecule has 1 atom stereocenters. The highest BCUT2D eigenvalue weighted by molar-refractivity contribution is 6.30. The van der Waals surface area contributed by atoms with E-state index >= 15 is 0 Å². The highest BCUT2D eigenvalue weighted by Crippen LogP contribution is 2.37. The van der Waals surface area contributed by atoms with Crippen molar-refractivity contribution in [2.75, 3.05) is 6.54 Å². The molecule has 3 nitrogen and oxygen atoms in total. The summed E-state index contributed by atoms with van der Waals surface area (Å²) in [4.78, 5) is 9.29. The molecule has 1 aliphatic carbocycles. The zero-order valence-corrected chi connectivity index (χ0v) is 11.8. The molecule has 18 heavy (non-hydrogen) atoms. The lowest BCUT2D eigenvalue weighted by Crippen LogP contribution is -2.25. The average Bonchev–Trinajstić information content (AvgIpc) is 2.83. The van der Waals surface area contributed by atoms with Crippen LogP contribution in [0, 0.1) is 5.41 Å². The van der Waals surface area contributed by atoms with Gasteiger partial charge in [-0.1, -0.05) is 25.4 Å². The van der Waals surface area contributed by atoms with Gasteiger partial charge in [0, 0.05) is 11.3 Å². The first-order chi connectivity index (χ1) is 8.55. The van der Waals surface area contributed by atoms with E-state index < -0.39 is 0 Å². The molecule has 0 unspecified atom stereocenters. The van der Waals surface area contributed by atoms with Gasteiger partial charge in [-0.25, -0.2) is 9.97 Å². The Bertz CT molecular complexity index is 464. The van der Waals surface area contributed by atoms with E-state index in [2.05, 4.69) is 24.1 Å². The van der Waals surface area contributed by atoms with Crippen molar-refractivity contribution in [2.24, 2.45) is 5.41 Å². The van der Waals surface area contributed by atoms with Crippen LogP contribution < -0.4 is 5.32 Å². The average molecular weight is 266 g/mol. The molecule has 1 N–H and O–H groups in total. The number of aromatic nitrogens is 2. The van der Waals surface area contributed by atoms with E-state index in [4.69, 9.17) is 16.6 Å². The van der Waals surface area contributed by atoms with Crippen molar-refractivity contribution in [3.05, 3.63) is 22.2 Å². The molecule has 98 valence electrons. The summed E-state index contributed by atoms with van der Waals surface area (Å²) < 4.78 is 0. The van der Waals surface area contributed by atoms with Crippen molar-refractivity contribution in [1.29, 1.82) is 0 Å². The lowest BCUT2D eigenvalue weighted by molar-refractivity contribution is 0.310. The van der Waals surface area contributed by atoms with Crippen molar-refractivity contribution >= 4 is 11.6 Å². The van der Waals surface area contributed by atoms with Gasteiger partial charge >= 0.3 is 0 Å². The Morgan fingerprint density at radius 3 is 2.89 bits per heavy atom. The Kier molecular flexibility index (Phi) is 3.07. The third kappa shape index (κ3) is 2.26. The van der Waals surface area contributed by atoms with Crippen LogP contribution in [0.25, 0.3) is 0 Å². The van der Waals surface area contributed by atoms with E-state index in [1.807, 2.05) is 0 Å². The number of halogens is 1. The number of hydrogen-bond acceptors (Lipinski definition) is 3. The van der Waals surface area contributed by atoms with E-state index in [0.717, 1.165) is 31.6 Å². The van der Waals surface area contributed by atoms with Gasteiger partial charge < -0.3 is 5.32 Å². The maximum Gasteiger partial charge on any atom is 0.147 e. The topological polar surface area (TPSA) is 37.8 Å². The number of rotatable bonds is 1. The summed E-state index contributed by atoms with van der Waals surface area (Å²) in [6.07, 6.45) is 5.55. The van der Waals surface area contributed by atoms with Gasteiger partial charge in [0.1, 0.15) is 11.0 Å². The Labute approximate surface area is 113 Å². The van der Waals surface area contributed by atoms with Crippen LogP contribution in [0.2, 0.25) is 5.15 Å². The standard InChI is InChI=1S/C14H20ClN3/c1-14(2)6-5-10-9(8-14)12(15)18-13(17-10)11-4-3-7-16-11/h11,16H,3-8H2,1-2H3/t11-/m1/s1. The Morgan fingerprint density at radius 1 is 1.33 bits per heavy atom. The van der Waals surface area contributed by atoms with Crippen LogP contribution in [0.3, 0.4) is 0 Å². The van der Waals surface area contributed by atoms with E-state index in [1.165, 1.54) is 24.1 Å².